The van der Waals surface area contributed by atoms with Gasteiger partial charge >= 0.3 is 0 Å². The highest BCUT2D eigenvalue weighted by atomic mass is 79.9. The maximum Gasteiger partial charge on any atom is 0.238 e. The minimum absolute atomic E-state index is 0.0271. The van der Waals surface area contributed by atoms with Crippen LogP contribution in [0.15, 0.2) is 46.9 Å². The van der Waals surface area contributed by atoms with Crippen LogP contribution < -0.4 is 5.32 Å². The van der Waals surface area contributed by atoms with Crippen molar-refractivity contribution in [3.8, 4) is 0 Å². The Balaban J connectivity index is 1.93. The first-order valence-corrected chi connectivity index (χ1v) is 7.42. The number of nitrogens with one attached hydrogen (secondary N) is 1. The zero-order valence-corrected chi connectivity index (χ0v) is 13.5. The number of likely N-dealkylation sites (N-methyl/N-ethyl adjacent to an activating group) is 1. The lowest BCUT2D eigenvalue weighted by Crippen LogP contribution is -2.30. The fourth-order valence-corrected chi connectivity index (χ4v) is 2.41. The molecule has 0 atom stereocenters. The number of nitrogens with zero attached hydrogens (tertiary/aromatic N) is 1. The topological polar surface area (TPSA) is 32.3 Å². The maximum absolute atomic E-state index is 13.5. The Labute approximate surface area is 136 Å². The number of carbonyl (C=O) groups is 1. The van der Waals surface area contributed by atoms with Crippen LogP contribution >= 0.6 is 15.9 Å². The Bertz CT molecular complexity index is 679. The lowest BCUT2D eigenvalue weighted by atomic mass is 10.2. The summed E-state index contributed by atoms with van der Waals surface area (Å²) in [6, 6.07) is 10.8. The molecule has 0 aliphatic rings. The molecule has 0 aliphatic carbocycles. The summed E-state index contributed by atoms with van der Waals surface area (Å²) in [5.74, 6) is -1.83. The molecule has 2 aromatic rings. The van der Waals surface area contributed by atoms with Crippen molar-refractivity contribution < 1.29 is 13.6 Å². The molecule has 1 amide bonds. The van der Waals surface area contributed by atoms with Crippen LogP contribution in [0.3, 0.4) is 0 Å². The molecule has 0 spiro atoms. The van der Waals surface area contributed by atoms with Crippen LogP contribution in [0.2, 0.25) is 0 Å². The molecule has 0 saturated carbocycles. The van der Waals surface area contributed by atoms with E-state index in [1.807, 2.05) is 24.3 Å². The number of carbonyl (C=O) groups excluding carboxylic acids is 1. The molecule has 0 aliphatic heterocycles. The molecule has 0 saturated heterocycles. The van der Waals surface area contributed by atoms with Crippen molar-refractivity contribution in [2.75, 3.05) is 18.9 Å². The van der Waals surface area contributed by atoms with Gasteiger partial charge in [-0.15, -0.1) is 0 Å². The van der Waals surface area contributed by atoms with Gasteiger partial charge in [0, 0.05) is 17.1 Å². The number of amides is 1. The molecule has 2 rings (SSSR count). The van der Waals surface area contributed by atoms with Crippen LogP contribution in [0.5, 0.6) is 0 Å². The highest BCUT2D eigenvalue weighted by molar-refractivity contribution is 9.10. The summed E-state index contributed by atoms with van der Waals surface area (Å²) in [7, 11) is 1.79. The van der Waals surface area contributed by atoms with Gasteiger partial charge in [0.1, 0.15) is 11.6 Å². The van der Waals surface area contributed by atoms with Crippen LogP contribution in [0.25, 0.3) is 0 Å². The Kier molecular flexibility index (Phi) is 5.63. The molecule has 2 aromatic carbocycles. The van der Waals surface area contributed by atoms with Gasteiger partial charge < -0.3 is 5.32 Å². The van der Waals surface area contributed by atoms with Crippen molar-refractivity contribution in [1.82, 2.24) is 4.90 Å². The molecule has 22 heavy (non-hydrogen) atoms. The summed E-state index contributed by atoms with van der Waals surface area (Å²) in [6.45, 7) is 0.666. The lowest BCUT2D eigenvalue weighted by Gasteiger charge is -2.17. The largest absolute Gasteiger partial charge is 0.322 e. The zero-order valence-electron chi connectivity index (χ0n) is 11.9. The quantitative estimate of drug-likeness (QED) is 0.870. The Hall–Kier alpha value is -1.79. The minimum Gasteiger partial charge on any atom is -0.322 e. The van der Waals surface area contributed by atoms with Crippen LogP contribution in [-0.4, -0.2) is 24.4 Å². The zero-order chi connectivity index (χ0) is 16.1. The average molecular weight is 369 g/mol. The second-order valence-corrected chi connectivity index (χ2v) is 5.79. The number of hydrogen-bond acceptors (Lipinski definition) is 2. The van der Waals surface area contributed by atoms with E-state index in [0.717, 1.165) is 22.2 Å². The van der Waals surface area contributed by atoms with Gasteiger partial charge in [-0.3, -0.25) is 9.69 Å². The number of halogens is 3. The smallest absolute Gasteiger partial charge is 0.238 e. The summed E-state index contributed by atoms with van der Waals surface area (Å²) < 4.78 is 27.2. The summed E-state index contributed by atoms with van der Waals surface area (Å²) in [6.07, 6.45) is 0. The second kappa shape index (κ2) is 7.47. The first-order chi connectivity index (χ1) is 10.5. The molecule has 0 aromatic heterocycles. The highest BCUT2D eigenvalue weighted by Gasteiger charge is 2.11. The summed E-state index contributed by atoms with van der Waals surface area (Å²) in [5, 5.41) is 2.43. The van der Waals surface area contributed by atoms with E-state index in [0.29, 0.717) is 6.54 Å². The van der Waals surface area contributed by atoms with Crippen LogP contribution in [0.4, 0.5) is 14.5 Å². The van der Waals surface area contributed by atoms with Gasteiger partial charge in [0.25, 0.3) is 0 Å². The lowest BCUT2D eigenvalue weighted by molar-refractivity contribution is -0.117. The van der Waals surface area contributed by atoms with Crippen molar-refractivity contribution in [3.05, 3.63) is 64.1 Å². The van der Waals surface area contributed by atoms with Gasteiger partial charge in [0.05, 0.1) is 12.2 Å². The Morgan fingerprint density at radius 2 is 1.95 bits per heavy atom. The first kappa shape index (κ1) is 16.6. The summed E-state index contributed by atoms with van der Waals surface area (Å²) in [4.78, 5) is 13.7. The fraction of sp³-hybridized carbons (Fsp3) is 0.188. The van der Waals surface area contributed by atoms with Gasteiger partial charge in [-0.1, -0.05) is 34.1 Å². The van der Waals surface area contributed by atoms with E-state index in [9.17, 15) is 13.6 Å². The second-order valence-electron chi connectivity index (χ2n) is 4.94. The van der Waals surface area contributed by atoms with E-state index >= 15 is 0 Å². The maximum atomic E-state index is 13.5. The number of benzene rings is 2. The summed E-state index contributed by atoms with van der Waals surface area (Å²) in [5.41, 5.74) is 1.02. The number of hydrogen-bond donors (Lipinski definition) is 1. The van der Waals surface area contributed by atoms with Crippen molar-refractivity contribution in [3.63, 3.8) is 0 Å². The third kappa shape index (κ3) is 4.61. The summed E-state index contributed by atoms with van der Waals surface area (Å²) >= 11 is 3.45. The van der Waals surface area contributed by atoms with Gasteiger partial charge in [-0.2, -0.15) is 0 Å². The van der Waals surface area contributed by atoms with Crippen molar-refractivity contribution in [2.45, 2.75) is 6.54 Å². The Morgan fingerprint density at radius 1 is 1.23 bits per heavy atom. The molecular weight excluding hydrogens is 354 g/mol. The standard InChI is InChI=1S/C16H15BrF2N2O/c1-21(9-11-4-2-3-5-13(11)17)10-16(22)20-15-7-6-12(18)8-14(15)19/h2-8H,9-10H2,1H3,(H,20,22). The van der Waals surface area contributed by atoms with E-state index in [2.05, 4.69) is 21.2 Å². The molecule has 1 N–H and O–H groups in total. The molecule has 0 bridgehead atoms. The van der Waals surface area contributed by atoms with Crippen LogP contribution in [0, 0.1) is 11.6 Å². The molecule has 0 unspecified atom stereocenters. The van der Waals surface area contributed by atoms with E-state index in [1.54, 1.807) is 11.9 Å². The predicted octanol–water partition coefficient (Wildman–Crippen LogP) is 3.80. The average Bonchev–Trinajstić information content (AvgIpc) is 2.44. The van der Waals surface area contributed by atoms with E-state index in [-0.39, 0.29) is 18.1 Å². The van der Waals surface area contributed by atoms with Gasteiger partial charge in [-0.05, 0) is 30.8 Å². The minimum atomic E-state index is -0.790. The van der Waals surface area contributed by atoms with Gasteiger partial charge in [0.2, 0.25) is 5.91 Å². The third-order valence-corrected chi connectivity index (χ3v) is 3.79. The number of rotatable bonds is 5. The normalized spacial score (nSPS) is 10.8. The van der Waals surface area contributed by atoms with Gasteiger partial charge in [0.15, 0.2) is 0 Å². The Morgan fingerprint density at radius 3 is 2.64 bits per heavy atom. The molecule has 0 fully saturated rings. The molecular formula is C16H15BrF2N2O. The monoisotopic (exact) mass is 368 g/mol. The fourth-order valence-electron chi connectivity index (χ4n) is 2.00. The number of anilines is 1. The van der Waals surface area contributed by atoms with Crippen LogP contribution in [-0.2, 0) is 11.3 Å². The van der Waals surface area contributed by atoms with Gasteiger partial charge in [-0.25, -0.2) is 8.78 Å². The highest BCUT2D eigenvalue weighted by Crippen LogP contribution is 2.18. The van der Waals surface area contributed by atoms with Crippen LogP contribution in [0.1, 0.15) is 5.56 Å². The molecule has 3 nitrogen and oxygen atoms in total. The van der Waals surface area contributed by atoms with E-state index < -0.39 is 11.6 Å². The predicted molar refractivity (Wildman–Crippen MR) is 85.5 cm³/mol. The molecule has 0 heterocycles. The SMILES string of the molecule is CN(CC(=O)Nc1ccc(F)cc1F)Cc1ccccc1Br. The molecule has 6 heteroatoms. The van der Waals surface area contributed by atoms with E-state index in [4.69, 9.17) is 0 Å². The molecule has 0 radical (unpaired) electrons. The van der Waals surface area contributed by atoms with E-state index in [1.165, 1.54) is 6.07 Å². The van der Waals surface area contributed by atoms with Crippen molar-refractivity contribution >= 4 is 27.5 Å². The first-order valence-electron chi connectivity index (χ1n) is 6.62. The van der Waals surface area contributed by atoms with Crippen molar-refractivity contribution in [1.29, 1.82) is 0 Å². The van der Waals surface area contributed by atoms with Crippen molar-refractivity contribution in [2.24, 2.45) is 0 Å². The third-order valence-electron chi connectivity index (χ3n) is 3.02. The molecule has 116 valence electrons.